The van der Waals surface area contributed by atoms with Crippen molar-refractivity contribution in [2.75, 3.05) is 0 Å². The van der Waals surface area contributed by atoms with E-state index in [0.717, 1.165) is 16.7 Å². The molecule has 2 rings (SSSR count). The van der Waals surface area contributed by atoms with Crippen molar-refractivity contribution in [1.29, 1.82) is 0 Å². The normalized spacial score (nSPS) is 14.0. The Morgan fingerprint density at radius 2 is 1.48 bits per heavy atom. The second-order valence-corrected chi connectivity index (χ2v) is 12.1. The molecular formula is C23H29FO2Si. The number of benzene rings is 2. The zero-order chi connectivity index (χ0) is 19.9. The van der Waals surface area contributed by atoms with Crippen molar-refractivity contribution in [2.24, 2.45) is 0 Å². The number of carbonyl (C=O) groups is 1. The average molecular weight is 385 g/mol. The average Bonchev–Trinajstić information content (AvgIpc) is 2.64. The summed E-state index contributed by atoms with van der Waals surface area (Å²) >= 11 is 0. The fraction of sp³-hybridized carbons (Fsp3) is 0.348. The maximum Gasteiger partial charge on any atom is 0.261 e. The van der Waals surface area contributed by atoms with Crippen LogP contribution < -0.4 is 10.4 Å². The van der Waals surface area contributed by atoms with E-state index < -0.39 is 8.32 Å². The van der Waals surface area contributed by atoms with Crippen LogP contribution in [0, 0.1) is 0 Å². The molecule has 2 aromatic carbocycles. The molecule has 0 fully saturated rings. The quantitative estimate of drug-likeness (QED) is 0.483. The van der Waals surface area contributed by atoms with Crippen molar-refractivity contribution in [3.8, 4) is 0 Å². The maximum atomic E-state index is 13.3. The number of aldehydes is 1. The Bertz CT molecular complexity index is 707. The smallest absolute Gasteiger partial charge is 0.261 e. The Balaban J connectivity index is 2.64. The molecule has 0 aliphatic carbocycles. The number of rotatable bonds is 8. The number of carbonyl (C=O) groups excluding carboxylic acids is 1. The first kappa shape index (κ1) is 21.3. The molecule has 0 saturated carbocycles. The molecule has 1 atom stereocenters. The van der Waals surface area contributed by atoms with Crippen molar-refractivity contribution in [2.45, 2.75) is 51.7 Å². The van der Waals surface area contributed by atoms with E-state index in [9.17, 15) is 9.18 Å². The molecule has 0 aliphatic rings. The van der Waals surface area contributed by atoms with Crippen molar-refractivity contribution in [3.05, 3.63) is 72.6 Å². The van der Waals surface area contributed by atoms with Gasteiger partial charge in [-0.05, 0) is 28.8 Å². The summed E-state index contributed by atoms with van der Waals surface area (Å²) in [7, 11) is -2.73. The van der Waals surface area contributed by atoms with Gasteiger partial charge in [-0.3, -0.25) is 0 Å². The molecule has 144 valence electrons. The molecule has 27 heavy (non-hydrogen) atoms. The van der Waals surface area contributed by atoms with Crippen LogP contribution in [0.3, 0.4) is 0 Å². The molecule has 0 unspecified atom stereocenters. The third-order valence-electron chi connectivity index (χ3n) is 4.78. The number of hydrogen-bond donors (Lipinski definition) is 0. The van der Waals surface area contributed by atoms with Gasteiger partial charge in [-0.25, -0.2) is 4.39 Å². The summed E-state index contributed by atoms with van der Waals surface area (Å²) < 4.78 is 20.2. The van der Waals surface area contributed by atoms with Crippen LogP contribution >= 0.6 is 0 Å². The summed E-state index contributed by atoms with van der Waals surface area (Å²) in [6.45, 7) is 7.98. The van der Waals surface area contributed by atoms with Gasteiger partial charge in [-0.15, -0.1) is 0 Å². The lowest BCUT2D eigenvalue weighted by Gasteiger charge is -2.45. The summed E-state index contributed by atoms with van der Waals surface area (Å²) in [4.78, 5) is 11.3. The van der Waals surface area contributed by atoms with Gasteiger partial charge in [0.25, 0.3) is 8.32 Å². The number of allylic oxidation sites excluding steroid dienone is 1. The molecular weight excluding hydrogens is 355 g/mol. The predicted octanol–water partition coefficient (Wildman–Crippen LogP) is 4.78. The lowest BCUT2D eigenvalue weighted by molar-refractivity contribution is -0.109. The Hall–Kier alpha value is -2.04. The minimum Gasteiger partial charge on any atom is -0.404 e. The molecule has 0 N–H and O–H groups in total. The third-order valence-corrected chi connectivity index (χ3v) is 9.87. The number of hydrogen-bond acceptors (Lipinski definition) is 2. The van der Waals surface area contributed by atoms with Gasteiger partial charge in [0.15, 0.2) is 0 Å². The first-order valence-corrected chi connectivity index (χ1v) is 11.3. The highest BCUT2D eigenvalue weighted by Crippen LogP contribution is 2.38. The molecule has 0 amide bonds. The predicted molar refractivity (Wildman–Crippen MR) is 113 cm³/mol. The van der Waals surface area contributed by atoms with Crippen LogP contribution in [-0.2, 0) is 9.22 Å². The van der Waals surface area contributed by atoms with E-state index >= 15 is 0 Å². The van der Waals surface area contributed by atoms with Crippen molar-refractivity contribution in [3.63, 3.8) is 0 Å². The van der Waals surface area contributed by atoms with Crippen molar-refractivity contribution in [1.82, 2.24) is 0 Å². The van der Waals surface area contributed by atoms with Crippen molar-refractivity contribution < 1.29 is 13.6 Å². The molecule has 2 aromatic rings. The maximum absolute atomic E-state index is 13.3. The second-order valence-electron chi connectivity index (χ2n) is 7.83. The fourth-order valence-corrected chi connectivity index (χ4v) is 8.24. The van der Waals surface area contributed by atoms with Crippen LogP contribution in [0.15, 0.2) is 72.6 Å². The second kappa shape index (κ2) is 9.24. The zero-order valence-electron chi connectivity index (χ0n) is 16.6. The summed E-state index contributed by atoms with van der Waals surface area (Å²) in [6, 6.07) is 20.5. The number of halogens is 1. The van der Waals surface area contributed by atoms with Crippen LogP contribution in [0.2, 0.25) is 5.04 Å². The molecule has 0 aromatic heterocycles. The molecule has 0 heterocycles. The highest BCUT2D eigenvalue weighted by molar-refractivity contribution is 6.99. The van der Waals surface area contributed by atoms with E-state index in [4.69, 9.17) is 4.43 Å². The fourth-order valence-electron chi connectivity index (χ4n) is 3.53. The molecule has 0 spiro atoms. The van der Waals surface area contributed by atoms with Gasteiger partial charge < -0.3 is 9.22 Å². The lowest BCUT2D eigenvalue weighted by Crippen LogP contribution is -2.67. The molecule has 0 bridgehead atoms. The van der Waals surface area contributed by atoms with Gasteiger partial charge >= 0.3 is 0 Å². The van der Waals surface area contributed by atoms with Crippen molar-refractivity contribution >= 4 is 25.0 Å². The highest BCUT2D eigenvalue weighted by Gasteiger charge is 2.51. The molecule has 4 heteroatoms. The Morgan fingerprint density at radius 1 is 1.00 bits per heavy atom. The Morgan fingerprint density at radius 3 is 1.85 bits per heavy atom. The minimum absolute atomic E-state index is 0.175. The van der Waals surface area contributed by atoms with Gasteiger partial charge in [0.05, 0.1) is 11.9 Å². The Labute approximate surface area is 163 Å². The first-order chi connectivity index (χ1) is 12.8. The van der Waals surface area contributed by atoms with E-state index in [1.165, 1.54) is 13.0 Å². The summed E-state index contributed by atoms with van der Waals surface area (Å²) in [6.07, 6.45) is 2.63. The van der Waals surface area contributed by atoms with Crippen LogP contribution in [0.1, 0.15) is 40.5 Å². The van der Waals surface area contributed by atoms with E-state index in [1.807, 2.05) is 36.4 Å². The topological polar surface area (TPSA) is 26.3 Å². The van der Waals surface area contributed by atoms with Gasteiger partial charge in [-0.1, -0.05) is 87.5 Å². The molecule has 0 saturated heterocycles. The van der Waals surface area contributed by atoms with E-state index in [0.29, 0.717) is 6.42 Å². The van der Waals surface area contributed by atoms with E-state index in [-0.39, 0.29) is 23.4 Å². The van der Waals surface area contributed by atoms with Crippen LogP contribution in [-0.4, -0.2) is 20.7 Å². The SMILES string of the molecule is C/C(F)=C\C[C@@H](CC=O)O[Si](c1ccccc1)(c1ccccc1)C(C)(C)C. The Kier molecular flexibility index (Phi) is 7.28. The summed E-state index contributed by atoms with van der Waals surface area (Å²) in [5.41, 5.74) is 0. The van der Waals surface area contributed by atoms with Gasteiger partial charge in [-0.2, -0.15) is 0 Å². The lowest BCUT2D eigenvalue weighted by atomic mass is 10.2. The zero-order valence-corrected chi connectivity index (χ0v) is 17.6. The van der Waals surface area contributed by atoms with Gasteiger partial charge in [0.2, 0.25) is 0 Å². The monoisotopic (exact) mass is 384 g/mol. The van der Waals surface area contributed by atoms with Gasteiger partial charge in [0.1, 0.15) is 6.29 Å². The highest BCUT2D eigenvalue weighted by atomic mass is 28.4. The largest absolute Gasteiger partial charge is 0.404 e. The summed E-state index contributed by atoms with van der Waals surface area (Å²) in [5, 5.41) is 2.13. The molecule has 0 aliphatic heterocycles. The van der Waals surface area contributed by atoms with E-state index in [2.05, 4.69) is 45.0 Å². The summed E-state index contributed by atoms with van der Waals surface area (Å²) in [5.74, 6) is -0.253. The molecule has 2 nitrogen and oxygen atoms in total. The minimum atomic E-state index is -2.73. The van der Waals surface area contributed by atoms with E-state index in [1.54, 1.807) is 0 Å². The molecule has 0 radical (unpaired) electrons. The first-order valence-electron chi connectivity index (χ1n) is 9.36. The van der Waals surface area contributed by atoms with Crippen LogP contribution in [0.5, 0.6) is 0 Å². The van der Waals surface area contributed by atoms with Crippen LogP contribution in [0.25, 0.3) is 0 Å². The third kappa shape index (κ3) is 5.02. The van der Waals surface area contributed by atoms with Gasteiger partial charge in [0, 0.05) is 6.42 Å². The van der Waals surface area contributed by atoms with Crippen LogP contribution in [0.4, 0.5) is 4.39 Å². The standard InChI is InChI=1S/C23H29FO2Si/c1-19(24)15-16-20(17-18-25)26-27(23(2,3)4,21-11-7-5-8-12-21)22-13-9-6-10-14-22/h5-15,18,20H,16-17H2,1-4H3/b19-15+/t20-/m0/s1.